The number of nitrogens with one attached hydrogen (secondary N) is 1. The quantitative estimate of drug-likeness (QED) is 0.254. The van der Waals surface area contributed by atoms with E-state index in [0.717, 1.165) is 30.4 Å². The summed E-state index contributed by atoms with van der Waals surface area (Å²) in [5.41, 5.74) is 2.52. The molecule has 0 fully saturated rings. The van der Waals surface area contributed by atoms with Crippen LogP contribution in [-0.2, 0) is 22.5 Å². The maximum atomic E-state index is 12.9. The van der Waals surface area contributed by atoms with Gasteiger partial charge in [-0.25, -0.2) is 9.48 Å². The van der Waals surface area contributed by atoms with Crippen molar-refractivity contribution >= 4 is 28.3 Å². The Labute approximate surface area is 209 Å². The summed E-state index contributed by atoms with van der Waals surface area (Å²) < 4.78 is 6.63. The van der Waals surface area contributed by atoms with Crippen molar-refractivity contribution in [3.8, 4) is 0 Å². The Kier molecular flexibility index (Phi) is 8.24. The van der Waals surface area contributed by atoms with Crippen molar-refractivity contribution in [2.24, 2.45) is 0 Å². The van der Waals surface area contributed by atoms with E-state index >= 15 is 0 Å². The number of para-hydroxylation sites is 1. The predicted molar refractivity (Wildman–Crippen MR) is 140 cm³/mol. The fourth-order valence-electron chi connectivity index (χ4n) is 4.05. The molecule has 3 aromatic carbocycles. The lowest BCUT2D eigenvalue weighted by Gasteiger charge is -2.13. The number of hydrogen-bond acceptors (Lipinski definition) is 5. The number of fused-ring (bicyclic) bond motifs is 1. The van der Waals surface area contributed by atoms with E-state index in [-0.39, 0.29) is 11.3 Å². The second-order valence-corrected chi connectivity index (χ2v) is 8.57. The zero-order valence-electron chi connectivity index (χ0n) is 20.3. The average Bonchev–Trinajstić information content (AvgIpc) is 2.90. The number of aryl methyl sites for hydroxylation is 1. The fourth-order valence-corrected chi connectivity index (χ4v) is 4.05. The van der Waals surface area contributed by atoms with Gasteiger partial charge in [0.15, 0.2) is 12.3 Å². The SMILES string of the molecule is CCCCCn1nc(C(=O)OCC(=O)Nc2ccccc2Cc2ccccc2)c2ccccc2c1=O. The Balaban J connectivity index is 1.47. The zero-order valence-corrected chi connectivity index (χ0v) is 20.3. The number of esters is 1. The number of carbonyl (C=O) groups is 2. The van der Waals surface area contributed by atoms with Crippen LogP contribution >= 0.6 is 0 Å². The van der Waals surface area contributed by atoms with Gasteiger partial charge in [-0.1, -0.05) is 86.5 Å². The van der Waals surface area contributed by atoms with Crippen LogP contribution in [0.15, 0.2) is 83.7 Å². The number of benzene rings is 3. The van der Waals surface area contributed by atoms with Gasteiger partial charge in [-0.3, -0.25) is 9.59 Å². The van der Waals surface area contributed by atoms with Gasteiger partial charge in [0, 0.05) is 17.6 Å². The van der Waals surface area contributed by atoms with Crippen LogP contribution in [0.2, 0.25) is 0 Å². The van der Waals surface area contributed by atoms with E-state index in [0.29, 0.717) is 29.4 Å². The van der Waals surface area contributed by atoms with E-state index in [1.165, 1.54) is 4.68 Å². The summed E-state index contributed by atoms with van der Waals surface area (Å²) in [6.45, 7) is 2.02. The Morgan fingerprint density at radius 3 is 2.36 bits per heavy atom. The van der Waals surface area contributed by atoms with Crippen LogP contribution in [0, 0.1) is 0 Å². The van der Waals surface area contributed by atoms with Crippen LogP contribution in [0.3, 0.4) is 0 Å². The highest BCUT2D eigenvalue weighted by molar-refractivity contribution is 6.03. The molecule has 1 N–H and O–H groups in total. The topological polar surface area (TPSA) is 90.3 Å². The van der Waals surface area contributed by atoms with Crippen molar-refractivity contribution in [2.75, 3.05) is 11.9 Å². The van der Waals surface area contributed by atoms with Gasteiger partial charge in [0.1, 0.15) is 0 Å². The molecule has 0 aliphatic rings. The minimum absolute atomic E-state index is 0.0268. The molecule has 0 saturated carbocycles. The molecular formula is C29H29N3O4. The van der Waals surface area contributed by atoms with Crippen LogP contribution in [0.1, 0.15) is 47.8 Å². The molecule has 4 rings (SSSR count). The van der Waals surface area contributed by atoms with Crippen LogP contribution in [0.5, 0.6) is 0 Å². The van der Waals surface area contributed by atoms with Crippen LogP contribution < -0.4 is 10.9 Å². The van der Waals surface area contributed by atoms with Crippen molar-refractivity contribution < 1.29 is 14.3 Å². The number of ether oxygens (including phenoxy) is 1. The van der Waals surface area contributed by atoms with E-state index < -0.39 is 18.5 Å². The number of anilines is 1. The molecule has 0 aliphatic carbocycles. The molecule has 0 atom stereocenters. The maximum absolute atomic E-state index is 12.9. The molecule has 7 heteroatoms. The molecule has 0 radical (unpaired) electrons. The van der Waals surface area contributed by atoms with Gasteiger partial charge >= 0.3 is 5.97 Å². The predicted octanol–water partition coefficient (Wildman–Crippen LogP) is 4.97. The molecular weight excluding hydrogens is 454 g/mol. The van der Waals surface area contributed by atoms with Crippen molar-refractivity contribution in [3.63, 3.8) is 0 Å². The first-order valence-electron chi connectivity index (χ1n) is 12.2. The van der Waals surface area contributed by atoms with Crippen molar-refractivity contribution in [3.05, 3.63) is 106 Å². The van der Waals surface area contributed by atoms with Crippen molar-refractivity contribution in [1.82, 2.24) is 9.78 Å². The smallest absolute Gasteiger partial charge is 0.359 e. The first-order valence-corrected chi connectivity index (χ1v) is 12.2. The van der Waals surface area contributed by atoms with Gasteiger partial charge in [0.25, 0.3) is 11.5 Å². The first kappa shape index (κ1) is 24.9. The van der Waals surface area contributed by atoms with Crippen molar-refractivity contribution in [2.45, 2.75) is 39.2 Å². The summed E-state index contributed by atoms with van der Waals surface area (Å²) in [4.78, 5) is 38.4. The maximum Gasteiger partial charge on any atom is 0.359 e. The number of unbranched alkanes of at least 4 members (excludes halogenated alkanes) is 2. The molecule has 0 saturated heterocycles. The molecule has 0 spiro atoms. The lowest BCUT2D eigenvalue weighted by molar-refractivity contribution is -0.119. The number of nitrogens with zero attached hydrogens (tertiary/aromatic N) is 2. The molecule has 7 nitrogen and oxygen atoms in total. The number of amides is 1. The zero-order chi connectivity index (χ0) is 25.3. The van der Waals surface area contributed by atoms with Gasteiger partial charge in [0.2, 0.25) is 0 Å². The minimum atomic E-state index is -0.747. The van der Waals surface area contributed by atoms with Crippen LogP contribution in [0.4, 0.5) is 5.69 Å². The summed E-state index contributed by atoms with van der Waals surface area (Å²) in [7, 11) is 0. The fraction of sp³-hybridized carbons (Fsp3) is 0.241. The molecule has 4 aromatic rings. The van der Waals surface area contributed by atoms with Gasteiger partial charge in [-0.05, 0) is 36.1 Å². The van der Waals surface area contributed by atoms with Gasteiger partial charge in [0.05, 0.1) is 5.39 Å². The third-order valence-electron chi connectivity index (χ3n) is 5.90. The lowest BCUT2D eigenvalue weighted by Crippen LogP contribution is -2.28. The molecule has 1 aromatic heterocycles. The summed E-state index contributed by atoms with van der Waals surface area (Å²) in [6.07, 6.45) is 3.39. The Morgan fingerprint density at radius 1 is 0.889 bits per heavy atom. The molecule has 1 heterocycles. The van der Waals surface area contributed by atoms with Gasteiger partial charge < -0.3 is 10.1 Å². The van der Waals surface area contributed by atoms with Gasteiger partial charge in [-0.2, -0.15) is 5.10 Å². The van der Waals surface area contributed by atoms with Gasteiger partial charge in [-0.15, -0.1) is 0 Å². The molecule has 1 amide bonds. The van der Waals surface area contributed by atoms with E-state index in [9.17, 15) is 14.4 Å². The number of carbonyl (C=O) groups excluding carboxylic acids is 2. The summed E-state index contributed by atoms with van der Waals surface area (Å²) >= 11 is 0. The van der Waals surface area contributed by atoms with Crippen LogP contribution in [0.25, 0.3) is 10.8 Å². The monoisotopic (exact) mass is 483 g/mol. The second-order valence-electron chi connectivity index (χ2n) is 8.57. The molecule has 0 aliphatic heterocycles. The molecule has 0 bridgehead atoms. The Bertz CT molecular complexity index is 1410. The largest absolute Gasteiger partial charge is 0.451 e. The standard InChI is InChI=1S/C29H29N3O4/c1-2-3-11-18-32-28(34)24-16-9-8-15-23(24)27(31-32)29(35)36-20-26(33)30-25-17-10-7-14-22(25)19-21-12-5-4-6-13-21/h4-10,12-17H,2-3,11,18-20H2,1H3,(H,30,33). The number of aromatic nitrogens is 2. The summed E-state index contributed by atoms with van der Waals surface area (Å²) in [5.74, 6) is -1.20. The third-order valence-corrected chi connectivity index (χ3v) is 5.90. The highest BCUT2D eigenvalue weighted by Gasteiger charge is 2.19. The van der Waals surface area contributed by atoms with E-state index in [2.05, 4.69) is 17.3 Å². The minimum Gasteiger partial charge on any atom is -0.451 e. The molecule has 0 unspecified atom stereocenters. The molecule has 184 valence electrons. The Morgan fingerprint density at radius 2 is 1.58 bits per heavy atom. The second kappa shape index (κ2) is 11.9. The highest BCUT2D eigenvalue weighted by atomic mass is 16.5. The summed E-state index contributed by atoms with van der Waals surface area (Å²) in [5, 5.41) is 7.94. The number of hydrogen-bond donors (Lipinski definition) is 1. The highest BCUT2D eigenvalue weighted by Crippen LogP contribution is 2.19. The summed E-state index contributed by atoms with van der Waals surface area (Å²) in [6, 6.07) is 24.3. The van der Waals surface area contributed by atoms with E-state index in [1.54, 1.807) is 24.3 Å². The lowest BCUT2D eigenvalue weighted by atomic mass is 10.0. The van der Waals surface area contributed by atoms with E-state index in [4.69, 9.17) is 4.74 Å². The molecule has 36 heavy (non-hydrogen) atoms. The average molecular weight is 484 g/mol. The number of rotatable bonds is 10. The Hall–Kier alpha value is -4.26. The van der Waals surface area contributed by atoms with Crippen LogP contribution in [-0.4, -0.2) is 28.3 Å². The third kappa shape index (κ3) is 6.05. The van der Waals surface area contributed by atoms with E-state index in [1.807, 2.05) is 54.6 Å². The normalized spacial score (nSPS) is 10.8. The van der Waals surface area contributed by atoms with Crippen molar-refractivity contribution in [1.29, 1.82) is 0 Å². The first-order chi connectivity index (χ1) is 17.6.